The molecule has 4 nitrogen and oxygen atoms in total. The monoisotopic (exact) mass is 323 g/mol. The van der Waals surface area contributed by atoms with Gasteiger partial charge >= 0.3 is 0 Å². The first-order valence-corrected chi connectivity index (χ1v) is 8.04. The van der Waals surface area contributed by atoms with E-state index in [0.29, 0.717) is 24.6 Å². The summed E-state index contributed by atoms with van der Waals surface area (Å²) < 4.78 is 19.4. The van der Waals surface area contributed by atoms with Crippen molar-refractivity contribution in [3.05, 3.63) is 35.6 Å². The predicted octanol–water partition coefficient (Wildman–Crippen LogP) is 3.08. The number of guanidine groups is 1. The van der Waals surface area contributed by atoms with Gasteiger partial charge in [-0.15, -0.1) is 0 Å². The van der Waals surface area contributed by atoms with Gasteiger partial charge in [0.05, 0.1) is 12.1 Å². The van der Waals surface area contributed by atoms with E-state index in [4.69, 9.17) is 4.74 Å². The molecular weight excluding hydrogens is 293 g/mol. The van der Waals surface area contributed by atoms with Crippen LogP contribution in [0.15, 0.2) is 29.3 Å². The molecule has 0 saturated carbocycles. The van der Waals surface area contributed by atoms with E-state index in [1.54, 1.807) is 13.2 Å². The standard InChI is InChI=1S/C18H30FN3O/c1-7-20-16(22-13-18(4,5)23-6)21-12-17(2,3)14-10-8-9-11-15(14)19/h8-11H,7,12-13H2,1-6H3,(H2,20,21,22). The molecule has 0 atom stereocenters. The van der Waals surface area contributed by atoms with Crippen molar-refractivity contribution in [3.8, 4) is 0 Å². The van der Waals surface area contributed by atoms with Gasteiger partial charge < -0.3 is 15.4 Å². The maximum absolute atomic E-state index is 14.0. The van der Waals surface area contributed by atoms with Crippen LogP contribution >= 0.6 is 0 Å². The third-order valence-electron chi connectivity index (χ3n) is 3.82. The van der Waals surface area contributed by atoms with Crippen LogP contribution < -0.4 is 10.6 Å². The topological polar surface area (TPSA) is 45.7 Å². The molecule has 0 bridgehead atoms. The van der Waals surface area contributed by atoms with Gasteiger partial charge in [-0.05, 0) is 32.4 Å². The van der Waals surface area contributed by atoms with Gasteiger partial charge in [-0.1, -0.05) is 32.0 Å². The SMILES string of the molecule is CCNC(=NCC(C)(C)OC)NCC(C)(C)c1ccccc1F. The van der Waals surface area contributed by atoms with Gasteiger partial charge in [-0.3, -0.25) is 4.99 Å². The minimum atomic E-state index is -0.349. The largest absolute Gasteiger partial charge is 0.377 e. The Kier molecular flexibility index (Phi) is 7.01. The van der Waals surface area contributed by atoms with E-state index in [-0.39, 0.29) is 16.8 Å². The Morgan fingerprint density at radius 1 is 1.17 bits per heavy atom. The molecule has 23 heavy (non-hydrogen) atoms. The van der Waals surface area contributed by atoms with Crippen molar-refractivity contribution in [3.63, 3.8) is 0 Å². The quantitative estimate of drug-likeness (QED) is 0.599. The second-order valence-corrected chi connectivity index (χ2v) is 6.88. The Morgan fingerprint density at radius 3 is 2.39 bits per heavy atom. The highest BCUT2D eigenvalue weighted by Gasteiger charge is 2.24. The Labute approximate surface area is 139 Å². The van der Waals surface area contributed by atoms with Crippen LogP contribution in [0.1, 0.15) is 40.2 Å². The molecule has 0 aromatic heterocycles. The number of methoxy groups -OCH3 is 1. The van der Waals surface area contributed by atoms with E-state index in [1.807, 2.05) is 46.8 Å². The molecule has 0 fully saturated rings. The van der Waals surface area contributed by atoms with Gasteiger partial charge in [0.25, 0.3) is 0 Å². The molecule has 0 spiro atoms. The van der Waals surface area contributed by atoms with Crippen LogP contribution in [0.2, 0.25) is 0 Å². The number of halogens is 1. The minimum absolute atomic E-state index is 0.179. The van der Waals surface area contributed by atoms with Crippen LogP contribution in [-0.4, -0.2) is 38.3 Å². The molecule has 2 N–H and O–H groups in total. The van der Waals surface area contributed by atoms with Gasteiger partial charge in [0.1, 0.15) is 5.82 Å². The van der Waals surface area contributed by atoms with Crippen LogP contribution in [0, 0.1) is 5.82 Å². The molecule has 0 aliphatic heterocycles. The highest BCUT2D eigenvalue weighted by molar-refractivity contribution is 5.79. The fraction of sp³-hybridized carbons (Fsp3) is 0.611. The van der Waals surface area contributed by atoms with Gasteiger partial charge in [0, 0.05) is 25.6 Å². The summed E-state index contributed by atoms with van der Waals surface area (Å²) in [7, 11) is 1.68. The molecule has 130 valence electrons. The van der Waals surface area contributed by atoms with Crippen molar-refractivity contribution in [2.24, 2.45) is 4.99 Å². The third-order valence-corrected chi connectivity index (χ3v) is 3.82. The van der Waals surface area contributed by atoms with E-state index >= 15 is 0 Å². The lowest BCUT2D eigenvalue weighted by molar-refractivity contribution is 0.0310. The normalized spacial score (nSPS) is 13.1. The maximum atomic E-state index is 14.0. The first-order valence-electron chi connectivity index (χ1n) is 8.04. The number of rotatable bonds is 7. The lowest BCUT2D eigenvalue weighted by Crippen LogP contribution is -2.44. The zero-order chi connectivity index (χ0) is 17.5. The number of hydrogen-bond donors (Lipinski definition) is 2. The molecule has 5 heteroatoms. The molecule has 0 saturated heterocycles. The summed E-state index contributed by atoms with van der Waals surface area (Å²) in [5.74, 6) is 0.531. The average Bonchev–Trinajstić information content (AvgIpc) is 2.50. The van der Waals surface area contributed by atoms with Crippen LogP contribution in [0.5, 0.6) is 0 Å². The molecule has 0 unspecified atom stereocenters. The second-order valence-electron chi connectivity index (χ2n) is 6.88. The van der Waals surface area contributed by atoms with Crippen molar-refractivity contribution in [2.75, 3.05) is 26.7 Å². The lowest BCUT2D eigenvalue weighted by atomic mass is 9.84. The molecule has 1 aromatic rings. The molecule has 0 amide bonds. The first-order chi connectivity index (χ1) is 10.7. The number of ether oxygens (including phenoxy) is 1. The average molecular weight is 323 g/mol. The summed E-state index contributed by atoms with van der Waals surface area (Å²) in [6.07, 6.45) is 0. The highest BCUT2D eigenvalue weighted by atomic mass is 19.1. The number of benzene rings is 1. The predicted molar refractivity (Wildman–Crippen MR) is 94.5 cm³/mol. The Hall–Kier alpha value is -1.62. The van der Waals surface area contributed by atoms with E-state index in [0.717, 1.165) is 6.54 Å². The summed E-state index contributed by atoms with van der Waals surface area (Å²) in [4.78, 5) is 4.55. The summed E-state index contributed by atoms with van der Waals surface area (Å²) in [5.41, 5.74) is 0.0300. The van der Waals surface area contributed by atoms with Gasteiger partial charge in [-0.25, -0.2) is 4.39 Å². The van der Waals surface area contributed by atoms with Crippen LogP contribution in [0.4, 0.5) is 4.39 Å². The first kappa shape index (κ1) is 19.4. The van der Waals surface area contributed by atoms with Gasteiger partial charge in [-0.2, -0.15) is 0 Å². The highest BCUT2D eigenvalue weighted by Crippen LogP contribution is 2.24. The Bertz CT molecular complexity index is 527. The van der Waals surface area contributed by atoms with E-state index in [9.17, 15) is 4.39 Å². The van der Waals surface area contributed by atoms with E-state index in [2.05, 4.69) is 15.6 Å². The number of aliphatic imine (C=N–C) groups is 1. The fourth-order valence-corrected chi connectivity index (χ4v) is 2.09. The third kappa shape index (κ3) is 6.18. The summed E-state index contributed by atoms with van der Waals surface area (Å²) in [5, 5.41) is 6.51. The minimum Gasteiger partial charge on any atom is -0.377 e. The van der Waals surface area contributed by atoms with Crippen molar-refractivity contribution in [2.45, 2.75) is 45.6 Å². The van der Waals surface area contributed by atoms with Crippen molar-refractivity contribution in [1.82, 2.24) is 10.6 Å². The van der Waals surface area contributed by atoms with E-state index in [1.165, 1.54) is 6.07 Å². The van der Waals surface area contributed by atoms with Gasteiger partial charge in [0.2, 0.25) is 0 Å². The zero-order valence-electron chi connectivity index (χ0n) is 15.2. The maximum Gasteiger partial charge on any atom is 0.191 e. The lowest BCUT2D eigenvalue weighted by Gasteiger charge is -2.27. The summed E-state index contributed by atoms with van der Waals surface area (Å²) in [6, 6.07) is 6.90. The van der Waals surface area contributed by atoms with Crippen molar-refractivity contribution in [1.29, 1.82) is 0 Å². The van der Waals surface area contributed by atoms with Crippen molar-refractivity contribution < 1.29 is 9.13 Å². The molecule has 0 aliphatic carbocycles. The zero-order valence-corrected chi connectivity index (χ0v) is 15.2. The smallest absolute Gasteiger partial charge is 0.191 e. The van der Waals surface area contributed by atoms with E-state index < -0.39 is 0 Å². The number of hydrogen-bond acceptors (Lipinski definition) is 2. The number of nitrogens with one attached hydrogen (secondary N) is 2. The molecule has 0 radical (unpaired) electrons. The molecular formula is C18H30FN3O. The van der Waals surface area contributed by atoms with Gasteiger partial charge in [0.15, 0.2) is 5.96 Å². The van der Waals surface area contributed by atoms with Crippen LogP contribution in [0.3, 0.4) is 0 Å². The molecule has 1 rings (SSSR count). The number of nitrogens with zero attached hydrogens (tertiary/aromatic N) is 1. The summed E-state index contributed by atoms with van der Waals surface area (Å²) in [6.45, 7) is 11.9. The van der Waals surface area contributed by atoms with Crippen LogP contribution in [-0.2, 0) is 10.2 Å². The molecule has 0 heterocycles. The second kappa shape index (κ2) is 8.29. The molecule has 0 aliphatic rings. The van der Waals surface area contributed by atoms with Crippen molar-refractivity contribution >= 4 is 5.96 Å². The Balaban J connectivity index is 2.78. The summed E-state index contributed by atoms with van der Waals surface area (Å²) >= 11 is 0. The Morgan fingerprint density at radius 2 is 1.83 bits per heavy atom. The van der Waals surface area contributed by atoms with Crippen LogP contribution in [0.25, 0.3) is 0 Å². The molecule has 1 aromatic carbocycles. The fourth-order valence-electron chi connectivity index (χ4n) is 2.09.